The summed E-state index contributed by atoms with van der Waals surface area (Å²) < 4.78 is 10.7. The lowest BCUT2D eigenvalue weighted by molar-refractivity contribution is 0.0977. The number of para-hydroxylation sites is 2. The monoisotopic (exact) mass is 446 g/mol. The molecule has 3 heterocycles. The Balaban J connectivity index is 1.75. The van der Waals surface area contributed by atoms with Gasteiger partial charge in [-0.05, 0) is 56.7 Å². The molecule has 0 spiro atoms. The van der Waals surface area contributed by atoms with Crippen LogP contribution in [0.5, 0.6) is 11.8 Å². The highest BCUT2D eigenvalue weighted by Gasteiger charge is 2.31. The lowest BCUT2D eigenvalue weighted by atomic mass is 10.1. The van der Waals surface area contributed by atoms with Crippen LogP contribution < -0.4 is 19.3 Å². The van der Waals surface area contributed by atoms with Gasteiger partial charge in [-0.3, -0.25) is 9.59 Å². The molecule has 1 aliphatic rings. The van der Waals surface area contributed by atoms with Crippen LogP contribution in [0.15, 0.2) is 48.5 Å². The largest absolute Gasteiger partial charge is 0.480 e. The summed E-state index contributed by atoms with van der Waals surface area (Å²) in [6.45, 7) is 4.57. The fourth-order valence-corrected chi connectivity index (χ4v) is 3.96. The van der Waals surface area contributed by atoms with Gasteiger partial charge in [0, 0.05) is 24.5 Å². The average molecular weight is 447 g/mol. The van der Waals surface area contributed by atoms with Crippen molar-refractivity contribution in [2.75, 3.05) is 37.1 Å². The Bertz CT molecular complexity index is 1120. The molecule has 0 saturated carbocycles. The van der Waals surface area contributed by atoms with E-state index in [2.05, 4.69) is 9.97 Å². The van der Waals surface area contributed by atoms with Gasteiger partial charge in [-0.2, -0.15) is 0 Å². The number of hydrogen-bond acceptors (Lipinski definition) is 6. The molecule has 33 heavy (non-hydrogen) atoms. The Labute approximate surface area is 192 Å². The van der Waals surface area contributed by atoms with Crippen molar-refractivity contribution in [3.05, 3.63) is 71.0 Å². The van der Waals surface area contributed by atoms with Crippen LogP contribution in [0.25, 0.3) is 0 Å². The van der Waals surface area contributed by atoms with Crippen LogP contribution in [0.1, 0.15) is 38.5 Å². The number of carbonyl (C=O) groups is 2. The first-order chi connectivity index (χ1) is 15.9. The van der Waals surface area contributed by atoms with Crippen molar-refractivity contribution in [1.29, 1.82) is 0 Å². The molecule has 8 heteroatoms. The number of hydrogen-bond donors (Lipinski definition) is 0. The number of rotatable bonds is 4. The van der Waals surface area contributed by atoms with Crippen molar-refractivity contribution in [2.24, 2.45) is 0 Å². The third-order valence-electron chi connectivity index (χ3n) is 5.56. The molecular formula is C25H26N4O4. The van der Waals surface area contributed by atoms with E-state index in [1.165, 1.54) is 14.2 Å². The number of methoxy groups -OCH3 is 2. The van der Waals surface area contributed by atoms with E-state index in [4.69, 9.17) is 9.47 Å². The lowest BCUT2D eigenvalue weighted by Gasteiger charge is -2.26. The second-order valence-corrected chi connectivity index (χ2v) is 7.77. The van der Waals surface area contributed by atoms with Gasteiger partial charge in [0.25, 0.3) is 11.8 Å². The van der Waals surface area contributed by atoms with E-state index in [0.717, 1.165) is 11.4 Å². The number of anilines is 2. The summed E-state index contributed by atoms with van der Waals surface area (Å²) in [6.07, 6.45) is 0.593. The van der Waals surface area contributed by atoms with Crippen LogP contribution in [-0.2, 0) is 0 Å². The van der Waals surface area contributed by atoms with Gasteiger partial charge in [-0.25, -0.2) is 9.97 Å². The number of benzene rings is 1. The lowest BCUT2D eigenvalue weighted by Crippen LogP contribution is -2.32. The minimum atomic E-state index is -0.226. The molecule has 3 aromatic rings. The summed E-state index contributed by atoms with van der Waals surface area (Å²) in [6, 6.07) is 14.4. The Morgan fingerprint density at radius 2 is 1.15 bits per heavy atom. The summed E-state index contributed by atoms with van der Waals surface area (Å²) in [7, 11) is 3.00. The first-order valence-corrected chi connectivity index (χ1v) is 10.7. The van der Waals surface area contributed by atoms with Crippen LogP contribution in [-0.4, -0.2) is 49.1 Å². The van der Waals surface area contributed by atoms with Crippen molar-refractivity contribution >= 4 is 23.2 Å². The summed E-state index contributed by atoms with van der Waals surface area (Å²) in [5.74, 6) is 0.113. The standard InChI is InChI=1S/C25H26N4O4/c1-16-10-12-18(22(26-16)32-3)24(30)28-14-7-15-29(21-9-6-5-8-20(21)28)25(31)19-13-11-17(2)27-23(19)33-4/h5-6,8-13H,7,14-15H2,1-4H3. The normalized spacial score (nSPS) is 13.2. The second kappa shape index (κ2) is 9.28. The van der Waals surface area contributed by atoms with Gasteiger partial charge in [0.1, 0.15) is 11.1 Å². The number of carbonyl (C=O) groups excluding carboxylic acids is 2. The van der Waals surface area contributed by atoms with E-state index in [0.29, 0.717) is 42.0 Å². The summed E-state index contributed by atoms with van der Waals surface area (Å²) in [5, 5.41) is 0. The second-order valence-electron chi connectivity index (χ2n) is 7.77. The maximum atomic E-state index is 13.6. The van der Waals surface area contributed by atoms with E-state index in [1.54, 1.807) is 34.1 Å². The van der Waals surface area contributed by atoms with E-state index < -0.39 is 0 Å². The quantitative estimate of drug-likeness (QED) is 0.606. The zero-order valence-electron chi connectivity index (χ0n) is 19.2. The van der Waals surface area contributed by atoms with Crippen molar-refractivity contribution in [3.63, 3.8) is 0 Å². The molecule has 0 radical (unpaired) electrons. The van der Waals surface area contributed by atoms with Gasteiger partial charge < -0.3 is 19.3 Å². The maximum absolute atomic E-state index is 13.6. The fraction of sp³-hybridized carbons (Fsp3) is 0.280. The van der Waals surface area contributed by atoms with Gasteiger partial charge in [-0.1, -0.05) is 12.1 Å². The molecule has 0 atom stereocenters. The number of pyridine rings is 2. The minimum Gasteiger partial charge on any atom is -0.480 e. The van der Waals surface area contributed by atoms with Crippen LogP contribution in [0.3, 0.4) is 0 Å². The van der Waals surface area contributed by atoms with Crippen molar-refractivity contribution in [3.8, 4) is 11.8 Å². The summed E-state index contributed by atoms with van der Waals surface area (Å²) in [4.78, 5) is 39.2. The summed E-state index contributed by atoms with van der Waals surface area (Å²) in [5.41, 5.74) is 3.57. The van der Waals surface area contributed by atoms with Crippen LogP contribution in [0.2, 0.25) is 0 Å². The molecule has 1 aromatic carbocycles. The molecule has 2 amide bonds. The number of nitrogens with zero attached hydrogens (tertiary/aromatic N) is 4. The number of fused-ring (bicyclic) bond motifs is 1. The molecule has 0 unspecified atom stereocenters. The summed E-state index contributed by atoms with van der Waals surface area (Å²) >= 11 is 0. The molecule has 170 valence electrons. The van der Waals surface area contributed by atoms with Gasteiger partial charge in [0.2, 0.25) is 11.8 Å². The number of amides is 2. The predicted octanol–water partition coefficient (Wildman–Crippen LogP) is 3.81. The molecule has 4 rings (SSSR count). The van der Waals surface area contributed by atoms with E-state index in [9.17, 15) is 9.59 Å². The first-order valence-electron chi connectivity index (χ1n) is 10.7. The van der Waals surface area contributed by atoms with Gasteiger partial charge in [0.15, 0.2) is 0 Å². The number of aromatic nitrogens is 2. The molecule has 0 aliphatic carbocycles. The Kier molecular flexibility index (Phi) is 6.26. The topological polar surface area (TPSA) is 84.9 Å². The van der Waals surface area contributed by atoms with E-state index in [1.807, 2.05) is 38.1 Å². The third-order valence-corrected chi connectivity index (χ3v) is 5.56. The van der Waals surface area contributed by atoms with Crippen LogP contribution >= 0.6 is 0 Å². The predicted molar refractivity (Wildman–Crippen MR) is 125 cm³/mol. The number of ether oxygens (including phenoxy) is 2. The Morgan fingerprint density at radius 1 is 0.727 bits per heavy atom. The molecule has 8 nitrogen and oxygen atoms in total. The zero-order valence-corrected chi connectivity index (χ0v) is 19.2. The van der Waals surface area contributed by atoms with Crippen LogP contribution in [0, 0.1) is 13.8 Å². The van der Waals surface area contributed by atoms with Crippen LogP contribution in [0.4, 0.5) is 11.4 Å². The first kappa shape index (κ1) is 22.3. The fourth-order valence-electron chi connectivity index (χ4n) is 3.96. The Morgan fingerprint density at radius 3 is 1.55 bits per heavy atom. The number of aryl methyl sites for hydroxylation is 2. The van der Waals surface area contributed by atoms with Crippen molar-refractivity contribution in [2.45, 2.75) is 20.3 Å². The molecular weight excluding hydrogens is 420 g/mol. The van der Waals surface area contributed by atoms with Gasteiger partial charge in [0.05, 0.1) is 25.6 Å². The highest BCUT2D eigenvalue weighted by molar-refractivity contribution is 6.13. The van der Waals surface area contributed by atoms with Crippen molar-refractivity contribution < 1.29 is 19.1 Å². The molecule has 0 fully saturated rings. The zero-order chi connectivity index (χ0) is 23.5. The van der Waals surface area contributed by atoms with E-state index in [-0.39, 0.29) is 23.6 Å². The van der Waals surface area contributed by atoms with Gasteiger partial charge in [-0.15, -0.1) is 0 Å². The highest BCUT2D eigenvalue weighted by atomic mass is 16.5. The van der Waals surface area contributed by atoms with E-state index >= 15 is 0 Å². The average Bonchev–Trinajstić information content (AvgIpc) is 3.03. The minimum absolute atomic E-state index is 0.226. The van der Waals surface area contributed by atoms with Crippen molar-refractivity contribution in [1.82, 2.24) is 9.97 Å². The SMILES string of the molecule is COc1nc(C)ccc1C(=O)N1CCCN(C(=O)c2ccc(C)nc2OC)c2ccccc21. The Hall–Kier alpha value is -3.94. The molecule has 2 aromatic heterocycles. The third kappa shape index (κ3) is 4.24. The molecule has 0 saturated heterocycles. The molecule has 0 N–H and O–H groups in total. The molecule has 0 bridgehead atoms. The maximum Gasteiger partial charge on any atom is 0.263 e. The molecule has 1 aliphatic heterocycles. The smallest absolute Gasteiger partial charge is 0.263 e. The van der Waals surface area contributed by atoms with Gasteiger partial charge >= 0.3 is 0 Å². The highest BCUT2D eigenvalue weighted by Crippen LogP contribution is 2.35.